The van der Waals surface area contributed by atoms with Gasteiger partial charge >= 0.3 is 0 Å². The third-order valence-corrected chi connectivity index (χ3v) is 6.93. The van der Waals surface area contributed by atoms with Gasteiger partial charge in [-0.15, -0.1) is 6.58 Å². The third-order valence-electron chi connectivity index (χ3n) is 6.69. The van der Waals surface area contributed by atoms with Gasteiger partial charge in [0.25, 0.3) is 5.17 Å². The molecule has 0 saturated carbocycles. The summed E-state index contributed by atoms with van der Waals surface area (Å²) in [7, 11) is 0. The Hall–Kier alpha value is -2.17. The van der Waals surface area contributed by atoms with Crippen molar-refractivity contribution in [2.24, 2.45) is 0 Å². The summed E-state index contributed by atoms with van der Waals surface area (Å²) in [6, 6.07) is 18.6. The second kappa shape index (κ2) is 11.0. The molecule has 0 aromatic heterocycles. The molecule has 2 atom stereocenters. The smallest absolute Gasteiger partial charge is 0.256 e. The first-order chi connectivity index (χ1) is 16.0. The molecule has 2 N–H and O–H groups in total. The lowest BCUT2D eigenvalue weighted by molar-refractivity contribution is 0.202. The highest BCUT2D eigenvalue weighted by molar-refractivity contribution is 7.80. The zero-order chi connectivity index (χ0) is 24.9. The molecule has 184 valence electrons. The van der Waals surface area contributed by atoms with Crippen molar-refractivity contribution in [3.63, 3.8) is 0 Å². The Balaban J connectivity index is 1.83. The minimum Gasteiger partial charge on any atom is -0.466 e. The fourth-order valence-corrected chi connectivity index (χ4v) is 4.82. The predicted molar refractivity (Wildman–Crippen MR) is 149 cm³/mol. The number of ether oxygens (including phenoxy) is 1. The van der Waals surface area contributed by atoms with E-state index in [1.54, 1.807) is 0 Å². The summed E-state index contributed by atoms with van der Waals surface area (Å²) in [6.45, 7) is 18.9. The molecule has 0 bridgehead atoms. The molecule has 1 saturated heterocycles. The third kappa shape index (κ3) is 6.93. The van der Waals surface area contributed by atoms with E-state index in [4.69, 9.17) is 17.0 Å². The molecule has 4 heteroatoms. The first-order valence-corrected chi connectivity index (χ1v) is 12.9. The lowest BCUT2D eigenvalue weighted by Crippen LogP contribution is -2.30. The van der Waals surface area contributed by atoms with Crippen molar-refractivity contribution in [1.29, 1.82) is 0 Å². The van der Waals surface area contributed by atoms with Gasteiger partial charge in [0, 0.05) is 31.5 Å². The van der Waals surface area contributed by atoms with Crippen LogP contribution in [0.1, 0.15) is 82.6 Å². The van der Waals surface area contributed by atoms with E-state index in [0.29, 0.717) is 5.17 Å². The Morgan fingerprint density at radius 3 is 1.94 bits per heavy atom. The van der Waals surface area contributed by atoms with Crippen molar-refractivity contribution in [3.05, 3.63) is 83.4 Å². The van der Waals surface area contributed by atoms with E-state index in [-0.39, 0.29) is 28.9 Å². The fraction of sp³-hybridized carbons (Fsp3) is 0.500. The molecule has 0 aliphatic carbocycles. The van der Waals surface area contributed by atoms with Gasteiger partial charge in [0.15, 0.2) is 0 Å². The number of thiocarbonyl (C=S) groups is 1. The molecule has 0 spiro atoms. The van der Waals surface area contributed by atoms with Crippen LogP contribution < -0.4 is 10.6 Å². The van der Waals surface area contributed by atoms with E-state index < -0.39 is 0 Å². The number of benzene rings is 2. The minimum absolute atomic E-state index is 0.0685. The van der Waals surface area contributed by atoms with Gasteiger partial charge in [0.1, 0.15) is 6.10 Å². The van der Waals surface area contributed by atoms with E-state index in [0.717, 1.165) is 25.9 Å². The van der Waals surface area contributed by atoms with Crippen LogP contribution in [0.3, 0.4) is 0 Å². The second-order valence-electron chi connectivity index (χ2n) is 11.5. The fourth-order valence-electron chi connectivity index (χ4n) is 4.58. The van der Waals surface area contributed by atoms with Crippen LogP contribution >= 0.6 is 12.2 Å². The summed E-state index contributed by atoms with van der Waals surface area (Å²) in [5.74, 6) is 0.249. The summed E-state index contributed by atoms with van der Waals surface area (Å²) >= 11 is 5.40. The van der Waals surface area contributed by atoms with Crippen molar-refractivity contribution in [2.75, 3.05) is 13.1 Å². The molecule has 34 heavy (non-hydrogen) atoms. The first kappa shape index (κ1) is 26.4. The molecular formula is C30H42N2OS. The molecule has 2 aromatic rings. The molecule has 0 amide bonds. The minimum atomic E-state index is 0.0685. The Kier molecular flexibility index (Phi) is 8.59. The van der Waals surface area contributed by atoms with Crippen LogP contribution in [0.25, 0.3) is 0 Å². The lowest BCUT2D eigenvalue weighted by Gasteiger charge is -2.27. The van der Waals surface area contributed by atoms with E-state index in [1.807, 2.05) is 6.08 Å². The van der Waals surface area contributed by atoms with Gasteiger partial charge in [-0.3, -0.25) is 0 Å². The van der Waals surface area contributed by atoms with Crippen molar-refractivity contribution >= 4 is 17.4 Å². The molecule has 0 radical (unpaired) electrons. The Morgan fingerprint density at radius 1 is 1.00 bits per heavy atom. The van der Waals surface area contributed by atoms with Gasteiger partial charge in [0.05, 0.1) is 0 Å². The van der Waals surface area contributed by atoms with Crippen molar-refractivity contribution in [2.45, 2.75) is 83.3 Å². The first-order valence-electron chi connectivity index (χ1n) is 12.5. The maximum absolute atomic E-state index is 6.06. The second-order valence-corrected chi connectivity index (χ2v) is 11.9. The van der Waals surface area contributed by atoms with Crippen LogP contribution in [0.4, 0.5) is 0 Å². The number of hydrogen-bond donors (Lipinski definition) is 2. The molecular weight excluding hydrogens is 436 g/mol. The predicted octanol–water partition coefficient (Wildman–Crippen LogP) is 6.61. The highest BCUT2D eigenvalue weighted by Crippen LogP contribution is 2.35. The van der Waals surface area contributed by atoms with Gasteiger partial charge in [-0.25, -0.2) is 0 Å². The number of nitrogens with one attached hydrogen (secondary N) is 2. The van der Waals surface area contributed by atoms with E-state index in [9.17, 15) is 0 Å². The van der Waals surface area contributed by atoms with Crippen LogP contribution in [0.2, 0.25) is 0 Å². The van der Waals surface area contributed by atoms with Crippen LogP contribution in [0.5, 0.6) is 0 Å². The van der Waals surface area contributed by atoms with Gasteiger partial charge in [0.2, 0.25) is 0 Å². The normalized spacial score (nSPS) is 18.7. The molecule has 3 rings (SSSR count). The van der Waals surface area contributed by atoms with Crippen LogP contribution in [0.15, 0.2) is 61.2 Å². The molecule has 1 heterocycles. The van der Waals surface area contributed by atoms with Crippen LogP contribution in [0, 0.1) is 0 Å². The summed E-state index contributed by atoms with van der Waals surface area (Å²) in [6.07, 6.45) is 3.73. The van der Waals surface area contributed by atoms with Crippen molar-refractivity contribution in [3.8, 4) is 0 Å². The van der Waals surface area contributed by atoms with E-state index in [2.05, 4.69) is 107 Å². The quantitative estimate of drug-likeness (QED) is 0.266. The Morgan fingerprint density at radius 2 is 1.50 bits per heavy atom. The van der Waals surface area contributed by atoms with Gasteiger partial charge in [-0.1, -0.05) is 96.1 Å². The highest BCUT2D eigenvalue weighted by atomic mass is 32.1. The maximum atomic E-state index is 6.06. The largest absolute Gasteiger partial charge is 0.466 e. The van der Waals surface area contributed by atoms with E-state index >= 15 is 0 Å². The molecule has 2 aromatic carbocycles. The van der Waals surface area contributed by atoms with Crippen molar-refractivity contribution in [1.82, 2.24) is 10.6 Å². The standard InChI is InChI=1S/C30H42N2OS/c1-8-9-18-31-28(34)33-25-19-26(32-20-25)27(21-10-14-23(15-11-21)29(2,3)4)22-12-16-24(17-13-22)30(5,6)7/h8,10-17,25-27,32H,1,9,18-20H2,2-7H3,(H,31,34)/t25-,26?/m1/s1. The molecule has 1 aliphatic rings. The molecule has 3 nitrogen and oxygen atoms in total. The molecule has 1 fully saturated rings. The van der Waals surface area contributed by atoms with Gasteiger partial charge in [-0.05, 0) is 51.7 Å². The zero-order valence-electron chi connectivity index (χ0n) is 21.8. The number of hydrogen-bond acceptors (Lipinski definition) is 3. The van der Waals surface area contributed by atoms with Crippen molar-refractivity contribution < 1.29 is 4.74 Å². The molecule has 1 unspecified atom stereocenters. The average Bonchev–Trinajstić information content (AvgIpc) is 3.21. The summed E-state index contributed by atoms with van der Waals surface area (Å²) in [5.41, 5.74) is 5.66. The number of rotatable bonds is 7. The summed E-state index contributed by atoms with van der Waals surface area (Å²) in [4.78, 5) is 0. The maximum Gasteiger partial charge on any atom is 0.256 e. The lowest BCUT2D eigenvalue weighted by atomic mass is 9.80. The summed E-state index contributed by atoms with van der Waals surface area (Å²) in [5, 5.41) is 7.39. The van der Waals surface area contributed by atoms with Crippen LogP contribution in [-0.4, -0.2) is 30.4 Å². The Bertz CT molecular complexity index is 894. The average molecular weight is 479 g/mol. The highest BCUT2D eigenvalue weighted by Gasteiger charge is 2.34. The molecule has 1 aliphatic heterocycles. The zero-order valence-corrected chi connectivity index (χ0v) is 22.6. The monoisotopic (exact) mass is 478 g/mol. The Labute approximate surface area is 212 Å². The topological polar surface area (TPSA) is 33.3 Å². The SMILES string of the molecule is C=CCCNC(=S)O[C@H]1CNC(C(c2ccc(C(C)(C)C)cc2)c2ccc(C(C)(C)C)cc2)C1. The van der Waals surface area contributed by atoms with Gasteiger partial charge < -0.3 is 15.4 Å². The van der Waals surface area contributed by atoms with E-state index in [1.165, 1.54) is 22.3 Å². The van der Waals surface area contributed by atoms with Crippen LogP contribution in [-0.2, 0) is 15.6 Å². The summed E-state index contributed by atoms with van der Waals surface area (Å²) < 4.78 is 6.06. The van der Waals surface area contributed by atoms with Gasteiger partial charge in [-0.2, -0.15) is 0 Å².